The summed E-state index contributed by atoms with van der Waals surface area (Å²) in [5.41, 5.74) is 2.94. The summed E-state index contributed by atoms with van der Waals surface area (Å²) in [4.78, 5) is 33.6. The topological polar surface area (TPSA) is 82.5 Å². The maximum absolute atomic E-state index is 14.3. The Balaban J connectivity index is 1.88. The number of aliphatic carboxylic acids is 1. The van der Waals surface area contributed by atoms with Crippen LogP contribution in [0.5, 0.6) is 0 Å². The Kier molecular flexibility index (Phi) is 9.74. The van der Waals surface area contributed by atoms with Gasteiger partial charge in [-0.1, -0.05) is 61.4 Å². The summed E-state index contributed by atoms with van der Waals surface area (Å²) in [6.45, 7) is 2.25. The molecule has 0 saturated carbocycles. The number of halogens is 2. The quantitative estimate of drug-likeness (QED) is 0.239. The number of hydrogen-bond acceptors (Lipinski definition) is 4. The number of fused-ring (bicyclic) bond motifs is 1. The van der Waals surface area contributed by atoms with E-state index in [-0.39, 0.29) is 51.1 Å². The van der Waals surface area contributed by atoms with Crippen molar-refractivity contribution in [2.45, 2.75) is 52.0 Å². The number of anilines is 1. The molecule has 0 spiro atoms. The molecule has 1 amide bonds. The summed E-state index contributed by atoms with van der Waals surface area (Å²) >= 11 is 10.1. The van der Waals surface area contributed by atoms with Gasteiger partial charge in [0.15, 0.2) is 0 Å². The average Bonchev–Trinajstić information content (AvgIpc) is 2.93. The molecule has 1 aliphatic heterocycles. The minimum atomic E-state index is -0.885. The van der Waals surface area contributed by atoms with Crippen molar-refractivity contribution in [3.05, 3.63) is 68.7 Å². The number of hydrogen-bond donors (Lipinski definition) is 2. The van der Waals surface area contributed by atoms with Gasteiger partial charge in [-0.15, -0.1) is 0 Å². The lowest BCUT2D eigenvalue weighted by Crippen LogP contribution is -2.81. The van der Waals surface area contributed by atoms with Crippen LogP contribution in [0.25, 0.3) is 10.9 Å². The molecule has 1 fully saturated rings. The Bertz CT molecular complexity index is 1640. The van der Waals surface area contributed by atoms with Crippen LogP contribution in [-0.2, 0) is 4.79 Å². The number of nitrogens with zero attached hydrogens (tertiary/aromatic N) is 2. The molecule has 224 valence electrons. The zero-order chi connectivity index (χ0) is 33.9. The third kappa shape index (κ3) is 5.76. The van der Waals surface area contributed by atoms with Gasteiger partial charge in [0, 0.05) is 39.3 Å². The molecule has 1 aliphatic rings. The molecule has 2 heterocycles. The first-order valence-corrected chi connectivity index (χ1v) is 16.9. The molecule has 2 N–H and O–H groups in total. The normalized spacial score (nSPS) is 19.8. The average molecular weight is 677 g/mol. The van der Waals surface area contributed by atoms with Crippen molar-refractivity contribution in [2.24, 2.45) is 0 Å². The zero-order valence-electron chi connectivity index (χ0n) is 28.7. The van der Waals surface area contributed by atoms with Gasteiger partial charge >= 0.3 is 5.97 Å². The van der Waals surface area contributed by atoms with Gasteiger partial charge in [-0.25, -0.2) is 4.98 Å². The standard InChI is InChI=1S/C27H39B10BrClN3O3/c1-12-20(22(45)40-11-13(6-9-19(43)44)15-4-2-3-5-17(15)39)16-10-14(38)7-8-18(16)41-21(12)42-26(34,35)24(30,31)23(28,29)25(32,33)27(42,36)37/h2-5,7-8,10,13H,6,9,11,28-37H2,1H3,(H,40,45)(H,43,44). The van der Waals surface area contributed by atoms with E-state index in [1.54, 1.807) is 6.07 Å². The third-order valence-corrected chi connectivity index (χ3v) is 13.3. The van der Waals surface area contributed by atoms with Crippen molar-refractivity contribution in [3.63, 3.8) is 0 Å². The first kappa shape index (κ1) is 35.9. The van der Waals surface area contributed by atoms with Crippen LogP contribution in [0.2, 0.25) is 20.7 Å². The predicted octanol–water partition coefficient (Wildman–Crippen LogP) is -3.86. The largest absolute Gasteiger partial charge is 0.481 e. The monoisotopic (exact) mass is 677 g/mol. The molecule has 45 heavy (non-hydrogen) atoms. The number of benzene rings is 2. The Morgan fingerprint density at radius 1 is 0.956 bits per heavy atom. The van der Waals surface area contributed by atoms with Crippen molar-refractivity contribution in [2.75, 3.05) is 11.4 Å². The second-order valence-electron chi connectivity index (χ2n) is 15.3. The Morgan fingerprint density at radius 3 is 2.09 bits per heavy atom. The molecular formula is C27H39B10BrClN3O3. The van der Waals surface area contributed by atoms with Crippen molar-refractivity contribution in [1.82, 2.24) is 10.3 Å². The summed E-state index contributed by atoms with van der Waals surface area (Å²) in [6, 6.07) is 13.3. The number of carbonyl (C=O) groups is 2. The minimum absolute atomic E-state index is 0.0267. The van der Waals surface area contributed by atoms with Gasteiger partial charge in [0.1, 0.15) is 37.2 Å². The van der Waals surface area contributed by atoms with Gasteiger partial charge in [0.2, 0.25) is 0 Å². The molecule has 0 radical (unpaired) electrons. The van der Waals surface area contributed by atoms with Crippen LogP contribution in [0.15, 0.2) is 46.9 Å². The number of rotatable bonds is 8. The molecular weight excluding hydrogens is 638 g/mol. The van der Waals surface area contributed by atoms with E-state index in [1.165, 1.54) is 0 Å². The van der Waals surface area contributed by atoms with Crippen molar-refractivity contribution in [3.8, 4) is 0 Å². The Morgan fingerprint density at radius 2 is 1.53 bits per heavy atom. The number of carbonyl (C=O) groups excluding carboxylic acids is 1. The van der Waals surface area contributed by atoms with E-state index >= 15 is 0 Å². The lowest BCUT2D eigenvalue weighted by Gasteiger charge is -2.77. The van der Waals surface area contributed by atoms with E-state index in [4.69, 9.17) is 16.6 Å². The molecule has 1 aromatic heterocycles. The van der Waals surface area contributed by atoms with Crippen molar-refractivity contribution in [1.29, 1.82) is 0 Å². The fourth-order valence-corrected chi connectivity index (χ4v) is 8.35. The first-order valence-electron chi connectivity index (χ1n) is 15.8. The second kappa shape index (κ2) is 12.2. The van der Waals surface area contributed by atoms with Gasteiger partial charge in [-0.05, 0) is 53.8 Å². The summed E-state index contributed by atoms with van der Waals surface area (Å²) in [5.74, 6) is -0.569. The number of pyridine rings is 1. The molecule has 2 aromatic carbocycles. The zero-order valence-corrected chi connectivity index (χ0v) is 31.0. The van der Waals surface area contributed by atoms with Gasteiger partial charge < -0.3 is 15.3 Å². The molecule has 4 rings (SSSR count). The fourth-order valence-electron chi connectivity index (χ4n) is 7.70. The summed E-state index contributed by atoms with van der Waals surface area (Å²) < 4.78 is 0.857. The van der Waals surface area contributed by atoms with Gasteiger partial charge in [-0.3, -0.25) is 9.59 Å². The molecule has 18 heteroatoms. The molecule has 3 aromatic rings. The fraction of sp³-hybridized carbons (Fsp3) is 0.370. The number of aromatic nitrogens is 1. The number of carboxylic acids is 1. The predicted molar refractivity (Wildman–Crippen MR) is 219 cm³/mol. The van der Waals surface area contributed by atoms with Gasteiger partial charge in [0.25, 0.3) is 5.91 Å². The first-order chi connectivity index (χ1) is 20.6. The van der Waals surface area contributed by atoms with Crippen LogP contribution >= 0.6 is 27.5 Å². The van der Waals surface area contributed by atoms with E-state index in [9.17, 15) is 14.7 Å². The number of nitrogens with one attached hydrogen (secondary N) is 1. The molecule has 0 bridgehead atoms. The molecule has 6 nitrogen and oxygen atoms in total. The molecule has 0 aliphatic carbocycles. The Labute approximate surface area is 290 Å². The number of carboxylic acid groups (broad SMARTS) is 1. The van der Waals surface area contributed by atoms with Crippen LogP contribution in [-0.4, -0.2) is 118 Å². The van der Waals surface area contributed by atoms with Crippen LogP contribution in [0, 0.1) is 6.92 Å². The third-order valence-electron chi connectivity index (χ3n) is 12.5. The van der Waals surface area contributed by atoms with Crippen LogP contribution < -0.4 is 10.2 Å². The van der Waals surface area contributed by atoms with E-state index in [2.05, 4.69) is 105 Å². The summed E-state index contributed by atoms with van der Waals surface area (Å²) in [5, 5.41) is 12.9. The second-order valence-corrected chi connectivity index (χ2v) is 16.6. The lowest BCUT2D eigenvalue weighted by atomic mass is 9.05. The highest BCUT2D eigenvalue weighted by Crippen LogP contribution is 2.69. The highest BCUT2D eigenvalue weighted by atomic mass is 79.9. The van der Waals surface area contributed by atoms with Crippen LogP contribution in [0.4, 0.5) is 5.82 Å². The number of piperidine rings is 1. The maximum Gasteiger partial charge on any atom is 0.303 e. The van der Waals surface area contributed by atoms with E-state index in [0.29, 0.717) is 17.0 Å². The lowest BCUT2D eigenvalue weighted by molar-refractivity contribution is -0.137. The summed E-state index contributed by atoms with van der Waals surface area (Å²) in [7, 11) is 23.4. The van der Waals surface area contributed by atoms with Crippen molar-refractivity contribution < 1.29 is 14.7 Å². The van der Waals surface area contributed by atoms with Crippen molar-refractivity contribution >= 4 is 135 Å². The Hall–Kier alpha value is -1.99. The SMILES string of the molecule is BC1(B)N(c2nc3ccc(Br)cc3c(C(=O)NCC(CCC(=O)O)c3ccccc3Cl)c2C)C(B)(B)C(B)(B)C(B)(B)C1(B)B. The summed E-state index contributed by atoms with van der Waals surface area (Å²) in [6.07, 6.45) is 0.323. The van der Waals surface area contributed by atoms with Crippen LogP contribution in [0.3, 0.4) is 0 Å². The van der Waals surface area contributed by atoms with E-state index < -0.39 is 5.97 Å². The van der Waals surface area contributed by atoms with E-state index in [0.717, 1.165) is 32.3 Å². The highest BCUT2D eigenvalue weighted by molar-refractivity contribution is 9.10. The number of amides is 1. The smallest absolute Gasteiger partial charge is 0.303 e. The van der Waals surface area contributed by atoms with Crippen LogP contribution in [0.1, 0.15) is 40.2 Å². The van der Waals surface area contributed by atoms with Gasteiger partial charge in [-0.2, -0.15) is 0 Å². The molecule has 1 atom stereocenters. The minimum Gasteiger partial charge on any atom is -0.481 e. The van der Waals surface area contributed by atoms with E-state index in [1.807, 2.05) is 43.3 Å². The van der Waals surface area contributed by atoms with Gasteiger partial charge in [0.05, 0.1) is 58.2 Å². The maximum atomic E-state index is 14.3. The molecule has 1 saturated heterocycles. The molecule has 1 unspecified atom stereocenters. The highest BCUT2D eigenvalue weighted by Gasteiger charge is 2.66.